The van der Waals surface area contributed by atoms with Crippen molar-refractivity contribution in [1.82, 2.24) is 19.6 Å². The number of β-amino-alcohol motifs (C(OH)–C–C–N with tert-alkyl or cyclic N) is 1. The topological polar surface area (TPSA) is 51.7 Å². The quantitative estimate of drug-likeness (QED) is 0.663. The first kappa shape index (κ1) is 22.0. The Labute approximate surface area is 181 Å². The Hall–Kier alpha value is -1.22. The van der Waals surface area contributed by atoms with E-state index >= 15 is 0 Å². The molecule has 7 nitrogen and oxygen atoms in total. The molecular weight excluding hydrogens is 380 g/mol. The standard InChI is InChI=1S/C23H38N4O3/c1-24-8-10-26(11-9-24)19-23(28)6-7-27(20-23)18-21-2-4-22(5-3-21)30-17-14-25-12-15-29-16-13-25/h2-5,28H,6-20H2,1H3/t23-/m1/s1. The molecule has 0 radical (unpaired) electrons. The number of hydrogen-bond acceptors (Lipinski definition) is 7. The molecular formula is C23H38N4O3. The zero-order valence-corrected chi connectivity index (χ0v) is 18.5. The molecule has 0 bridgehead atoms. The van der Waals surface area contributed by atoms with Gasteiger partial charge in [0.1, 0.15) is 12.4 Å². The molecule has 0 spiro atoms. The van der Waals surface area contributed by atoms with Crippen LogP contribution in [0.4, 0.5) is 0 Å². The summed E-state index contributed by atoms with van der Waals surface area (Å²) in [5.74, 6) is 0.931. The molecule has 168 valence electrons. The fourth-order valence-corrected chi connectivity index (χ4v) is 4.69. The number of ether oxygens (including phenoxy) is 2. The van der Waals surface area contributed by atoms with Gasteiger partial charge in [0.25, 0.3) is 0 Å². The molecule has 3 saturated heterocycles. The fraction of sp³-hybridized carbons (Fsp3) is 0.739. The number of benzene rings is 1. The van der Waals surface area contributed by atoms with Gasteiger partial charge in [-0.05, 0) is 31.2 Å². The van der Waals surface area contributed by atoms with Crippen molar-refractivity contribution in [3.63, 3.8) is 0 Å². The molecule has 3 aliphatic heterocycles. The van der Waals surface area contributed by atoms with Crippen LogP contribution >= 0.6 is 0 Å². The number of likely N-dealkylation sites (tertiary alicyclic amines) is 1. The van der Waals surface area contributed by atoms with Gasteiger partial charge in [-0.1, -0.05) is 12.1 Å². The van der Waals surface area contributed by atoms with Crippen molar-refractivity contribution in [2.45, 2.75) is 18.6 Å². The largest absolute Gasteiger partial charge is 0.492 e. The summed E-state index contributed by atoms with van der Waals surface area (Å²) >= 11 is 0. The van der Waals surface area contributed by atoms with E-state index in [0.717, 1.165) is 97.4 Å². The highest BCUT2D eigenvalue weighted by atomic mass is 16.5. The summed E-state index contributed by atoms with van der Waals surface area (Å²) < 4.78 is 11.3. The molecule has 1 aromatic carbocycles. The number of nitrogens with zero attached hydrogens (tertiary/aromatic N) is 4. The summed E-state index contributed by atoms with van der Waals surface area (Å²) in [7, 11) is 2.17. The molecule has 3 fully saturated rings. The van der Waals surface area contributed by atoms with E-state index in [1.165, 1.54) is 5.56 Å². The lowest BCUT2D eigenvalue weighted by Crippen LogP contribution is -2.51. The third-order valence-electron chi connectivity index (χ3n) is 6.63. The third-order valence-corrected chi connectivity index (χ3v) is 6.63. The molecule has 0 saturated carbocycles. The molecule has 3 aliphatic rings. The van der Waals surface area contributed by atoms with Gasteiger partial charge in [-0.2, -0.15) is 0 Å². The summed E-state index contributed by atoms with van der Waals surface area (Å²) in [6.07, 6.45) is 0.863. The number of morpholine rings is 1. The van der Waals surface area contributed by atoms with Gasteiger partial charge in [-0.15, -0.1) is 0 Å². The minimum Gasteiger partial charge on any atom is -0.492 e. The lowest BCUT2D eigenvalue weighted by Gasteiger charge is -2.36. The van der Waals surface area contributed by atoms with E-state index in [-0.39, 0.29) is 0 Å². The first-order valence-electron chi connectivity index (χ1n) is 11.5. The van der Waals surface area contributed by atoms with Gasteiger partial charge in [0, 0.05) is 72.0 Å². The smallest absolute Gasteiger partial charge is 0.119 e. The van der Waals surface area contributed by atoms with Gasteiger partial charge in [-0.25, -0.2) is 0 Å². The molecule has 3 heterocycles. The summed E-state index contributed by atoms with van der Waals surface area (Å²) in [5.41, 5.74) is 0.706. The summed E-state index contributed by atoms with van der Waals surface area (Å²) in [4.78, 5) is 9.54. The Bertz CT molecular complexity index is 644. The number of hydrogen-bond donors (Lipinski definition) is 1. The van der Waals surface area contributed by atoms with E-state index in [2.05, 4.69) is 50.9 Å². The van der Waals surface area contributed by atoms with Crippen LogP contribution in [0.2, 0.25) is 0 Å². The van der Waals surface area contributed by atoms with Crippen LogP contribution in [-0.4, -0.2) is 123 Å². The Morgan fingerprint density at radius 2 is 1.67 bits per heavy atom. The molecule has 1 N–H and O–H groups in total. The van der Waals surface area contributed by atoms with E-state index in [0.29, 0.717) is 6.61 Å². The Morgan fingerprint density at radius 3 is 2.40 bits per heavy atom. The molecule has 0 unspecified atom stereocenters. The van der Waals surface area contributed by atoms with E-state index in [4.69, 9.17) is 9.47 Å². The second-order valence-electron chi connectivity index (χ2n) is 9.21. The van der Waals surface area contributed by atoms with Crippen LogP contribution in [0, 0.1) is 0 Å². The molecule has 4 rings (SSSR count). The Kier molecular flexibility index (Phi) is 7.62. The van der Waals surface area contributed by atoms with Crippen molar-refractivity contribution in [3.05, 3.63) is 29.8 Å². The first-order valence-corrected chi connectivity index (χ1v) is 11.5. The summed E-state index contributed by atoms with van der Waals surface area (Å²) in [6.45, 7) is 13.0. The fourth-order valence-electron chi connectivity index (χ4n) is 4.69. The van der Waals surface area contributed by atoms with Crippen molar-refractivity contribution in [2.75, 3.05) is 92.3 Å². The lowest BCUT2D eigenvalue weighted by atomic mass is 10.0. The zero-order valence-electron chi connectivity index (χ0n) is 18.5. The van der Waals surface area contributed by atoms with Gasteiger partial charge < -0.3 is 19.5 Å². The van der Waals surface area contributed by atoms with E-state index in [1.54, 1.807) is 0 Å². The van der Waals surface area contributed by atoms with Crippen LogP contribution in [0.5, 0.6) is 5.75 Å². The van der Waals surface area contributed by atoms with Crippen molar-refractivity contribution in [1.29, 1.82) is 0 Å². The lowest BCUT2D eigenvalue weighted by molar-refractivity contribution is -0.000372. The third kappa shape index (κ3) is 6.39. The van der Waals surface area contributed by atoms with Crippen molar-refractivity contribution in [3.8, 4) is 5.75 Å². The van der Waals surface area contributed by atoms with Gasteiger partial charge in [0.15, 0.2) is 0 Å². The first-order chi connectivity index (χ1) is 14.6. The van der Waals surface area contributed by atoms with Crippen LogP contribution in [0.25, 0.3) is 0 Å². The predicted octanol–water partition coefficient (Wildman–Crippen LogP) is 0.582. The maximum Gasteiger partial charge on any atom is 0.119 e. The van der Waals surface area contributed by atoms with E-state index in [9.17, 15) is 5.11 Å². The average molecular weight is 419 g/mol. The van der Waals surface area contributed by atoms with Gasteiger partial charge in [0.2, 0.25) is 0 Å². The van der Waals surface area contributed by atoms with Gasteiger partial charge in [-0.3, -0.25) is 14.7 Å². The van der Waals surface area contributed by atoms with Crippen molar-refractivity contribution >= 4 is 0 Å². The molecule has 1 aromatic rings. The van der Waals surface area contributed by atoms with Crippen LogP contribution in [-0.2, 0) is 11.3 Å². The van der Waals surface area contributed by atoms with Crippen LogP contribution in [0.1, 0.15) is 12.0 Å². The molecule has 0 aromatic heterocycles. The maximum absolute atomic E-state index is 11.1. The second-order valence-corrected chi connectivity index (χ2v) is 9.21. The van der Waals surface area contributed by atoms with Gasteiger partial charge in [0.05, 0.1) is 18.8 Å². The van der Waals surface area contributed by atoms with E-state index < -0.39 is 5.60 Å². The molecule has 0 aliphatic carbocycles. The average Bonchev–Trinajstić information content (AvgIpc) is 3.12. The monoisotopic (exact) mass is 418 g/mol. The molecule has 0 amide bonds. The minimum atomic E-state index is -0.571. The second kappa shape index (κ2) is 10.4. The Balaban J connectivity index is 1.18. The zero-order chi connectivity index (χ0) is 20.8. The number of likely N-dealkylation sites (N-methyl/N-ethyl adjacent to an activating group) is 1. The highest BCUT2D eigenvalue weighted by Crippen LogP contribution is 2.25. The summed E-state index contributed by atoms with van der Waals surface area (Å²) in [5, 5.41) is 11.1. The highest BCUT2D eigenvalue weighted by molar-refractivity contribution is 5.27. The minimum absolute atomic E-state index is 0.571. The number of aliphatic hydroxyl groups is 1. The number of rotatable bonds is 8. The van der Waals surface area contributed by atoms with Crippen LogP contribution in [0.15, 0.2) is 24.3 Å². The van der Waals surface area contributed by atoms with Crippen LogP contribution < -0.4 is 4.74 Å². The molecule has 30 heavy (non-hydrogen) atoms. The highest BCUT2D eigenvalue weighted by Gasteiger charge is 2.37. The Morgan fingerprint density at radius 1 is 0.933 bits per heavy atom. The maximum atomic E-state index is 11.1. The van der Waals surface area contributed by atoms with Crippen LogP contribution in [0.3, 0.4) is 0 Å². The van der Waals surface area contributed by atoms with Crippen molar-refractivity contribution in [2.24, 2.45) is 0 Å². The van der Waals surface area contributed by atoms with E-state index in [1.807, 2.05) is 0 Å². The molecule has 1 atom stereocenters. The van der Waals surface area contributed by atoms with Crippen molar-refractivity contribution < 1.29 is 14.6 Å². The summed E-state index contributed by atoms with van der Waals surface area (Å²) in [6, 6.07) is 8.45. The number of piperazine rings is 1. The predicted molar refractivity (Wildman–Crippen MR) is 118 cm³/mol. The SMILES string of the molecule is CN1CCN(C[C@]2(O)CCN(Cc3ccc(OCCN4CCOCC4)cc3)C2)CC1. The normalized spacial score (nSPS) is 27.5. The molecule has 7 heteroatoms. The van der Waals surface area contributed by atoms with Gasteiger partial charge >= 0.3 is 0 Å².